The highest BCUT2D eigenvalue weighted by atomic mass is 19.4. The lowest BCUT2D eigenvalue weighted by atomic mass is 9.82. The molecular formula is C51H43F12O3-. The molecule has 0 saturated carbocycles. The molecule has 0 fully saturated rings. The Balaban J connectivity index is 0.000000244. The fourth-order valence-electron chi connectivity index (χ4n) is 7.63. The number of phenols is 2. The van der Waals surface area contributed by atoms with Crippen LogP contribution in [-0.4, -0.2) is 22.6 Å². The zero-order valence-corrected chi connectivity index (χ0v) is 35.7. The van der Waals surface area contributed by atoms with Gasteiger partial charge in [0.15, 0.2) is 0 Å². The topological polar surface area (TPSA) is 49.7 Å². The second-order valence-corrected chi connectivity index (χ2v) is 15.4. The molecule has 7 rings (SSSR count). The van der Waals surface area contributed by atoms with Crippen molar-refractivity contribution in [1.82, 2.24) is 0 Å². The maximum atomic E-state index is 14.7. The lowest BCUT2D eigenvalue weighted by Gasteiger charge is -2.23. The zero-order valence-electron chi connectivity index (χ0n) is 35.7. The van der Waals surface area contributed by atoms with Gasteiger partial charge in [0.2, 0.25) is 0 Å². The molecule has 1 unspecified atom stereocenters. The average Bonchev–Trinajstić information content (AvgIpc) is 3.23. The summed E-state index contributed by atoms with van der Waals surface area (Å²) in [6.45, 7) is 3.71. The van der Waals surface area contributed by atoms with Gasteiger partial charge in [0.05, 0.1) is 6.42 Å². The summed E-state index contributed by atoms with van der Waals surface area (Å²) in [6.07, 6.45) is -9.50. The molecule has 0 amide bonds. The molecule has 0 radical (unpaired) electrons. The van der Waals surface area contributed by atoms with Crippen molar-refractivity contribution in [2.75, 3.05) is 0 Å². The summed E-state index contributed by atoms with van der Waals surface area (Å²) in [5.74, 6) is -6.46. The van der Waals surface area contributed by atoms with Gasteiger partial charge in [0, 0.05) is 50.6 Å². The van der Waals surface area contributed by atoms with E-state index in [1.807, 2.05) is 13.8 Å². The molecule has 6 aromatic rings. The van der Waals surface area contributed by atoms with Crippen molar-refractivity contribution >= 4 is 11.6 Å². The SMILES string of the molecule is CCCc1cc(O)c(C(c2cc(F)c(CCC(F)(F)F)cc2O)c2ccccc2F)cc1F.CCCc1cc2c(cc1F)C(c1ccccc1F)=c1cc(F)/c(=C\CC(F)(F)F)cc1O2.[CH3-]. The molecule has 66 heavy (non-hydrogen) atoms. The lowest BCUT2D eigenvalue weighted by molar-refractivity contribution is -0.134. The standard InChI is InChI=1S/C25H22F6O2.C25H18F6O.CH3/c1-2-5-14-10-22(32)17(12-20(14)27)24(16-6-3-4-7-19(16)26)18-13-21(28)15(11-23(18)33)8-9-25(29,30)31;1-2-5-14-10-22-17(12-20(14)27)24(16-6-3-4-7-19(16)26)18-13-21(28)15(11-23(18)32-22)8-9-25(29,30)31;/h3-4,6-7,10-13,24,32-33H,2,5,8-9H2,1H3;3-4,6-8,10-13H,2,5,9H2,1H3;1H3/q;;-1/b;15-8-;. The molecular weight excluding hydrogens is 889 g/mol. The van der Waals surface area contributed by atoms with E-state index < -0.39 is 78.2 Å². The summed E-state index contributed by atoms with van der Waals surface area (Å²) in [5.41, 5.74) is 0.419. The number of rotatable bonds is 11. The number of aromatic hydroxyl groups is 2. The largest absolute Gasteiger partial charge is 0.508 e. The Bertz CT molecular complexity index is 2830. The number of phenolic OH excluding ortho intramolecular Hbond substituents is 2. The van der Waals surface area contributed by atoms with E-state index in [0.29, 0.717) is 31.2 Å². The summed E-state index contributed by atoms with van der Waals surface area (Å²) in [5, 5.41) is 21.1. The molecule has 350 valence electrons. The third-order valence-electron chi connectivity index (χ3n) is 10.6. The molecule has 1 aliphatic rings. The van der Waals surface area contributed by atoms with Crippen molar-refractivity contribution in [3.63, 3.8) is 0 Å². The van der Waals surface area contributed by atoms with E-state index in [1.54, 1.807) is 6.07 Å². The molecule has 1 heterocycles. The Labute approximate surface area is 373 Å². The van der Waals surface area contributed by atoms with Gasteiger partial charge < -0.3 is 22.4 Å². The highest BCUT2D eigenvalue weighted by Crippen LogP contribution is 2.44. The third kappa shape index (κ3) is 11.7. The van der Waals surface area contributed by atoms with Crippen LogP contribution in [0.4, 0.5) is 52.7 Å². The van der Waals surface area contributed by atoms with Crippen LogP contribution in [-0.2, 0) is 19.3 Å². The van der Waals surface area contributed by atoms with Crippen LogP contribution in [0.5, 0.6) is 23.0 Å². The van der Waals surface area contributed by atoms with E-state index in [9.17, 15) is 62.9 Å². The minimum atomic E-state index is -4.51. The van der Waals surface area contributed by atoms with E-state index in [0.717, 1.165) is 42.5 Å². The van der Waals surface area contributed by atoms with Crippen LogP contribution >= 0.6 is 0 Å². The molecule has 1 atom stereocenters. The van der Waals surface area contributed by atoms with Crippen LogP contribution in [0.25, 0.3) is 11.6 Å². The van der Waals surface area contributed by atoms with Gasteiger partial charge in [0.25, 0.3) is 0 Å². The molecule has 0 saturated heterocycles. The summed E-state index contributed by atoms with van der Waals surface area (Å²) >= 11 is 0. The van der Waals surface area contributed by atoms with Gasteiger partial charge in [-0.2, -0.15) is 26.3 Å². The first-order valence-electron chi connectivity index (χ1n) is 20.4. The van der Waals surface area contributed by atoms with Crippen molar-refractivity contribution < 1.29 is 67.6 Å². The van der Waals surface area contributed by atoms with E-state index >= 15 is 0 Å². The van der Waals surface area contributed by atoms with Crippen molar-refractivity contribution in [2.24, 2.45) is 0 Å². The van der Waals surface area contributed by atoms with Crippen LogP contribution in [0.2, 0.25) is 0 Å². The number of hydrogen-bond donors (Lipinski definition) is 2. The maximum absolute atomic E-state index is 14.7. The van der Waals surface area contributed by atoms with Crippen molar-refractivity contribution in [1.29, 1.82) is 0 Å². The third-order valence-corrected chi connectivity index (χ3v) is 10.6. The van der Waals surface area contributed by atoms with E-state index in [2.05, 4.69) is 0 Å². The molecule has 0 aromatic heterocycles. The number of fused-ring (bicyclic) bond motifs is 2. The summed E-state index contributed by atoms with van der Waals surface area (Å²) < 4.78 is 170. The van der Waals surface area contributed by atoms with Crippen molar-refractivity contribution in [3.05, 3.63) is 194 Å². The number of alkyl halides is 6. The Kier molecular flexibility index (Phi) is 16.0. The summed E-state index contributed by atoms with van der Waals surface area (Å²) in [6, 6.07) is 19.9. The van der Waals surface area contributed by atoms with Crippen LogP contribution in [0.1, 0.15) is 90.0 Å². The minimum Gasteiger partial charge on any atom is -0.508 e. The van der Waals surface area contributed by atoms with Crippen molar-refractivity contribution in [2.45, 2.75) is 77.1 Å². The highest BCUT2D eigenvalue weighted by molar-refractivity contribution is 5.85. The predicted octanol–water partition coefficient (Wildman–Crippen LogP) is 13.7. The minimum absolute atomic E-state index is 0. The van der Waals surface area contributed by atoms with Gasteiger partial charge in [-0.1, -0.05) is 69.2 Å². The number of aryl methyl sites for hydroxylation is 3. The second kappa shape index (κ2) is 20.8. The van der Waals surface area contributed by atoms with Crippen LogP contribution in [0.15, 0.2) is 97.1 Å². The van der Waals surface area contributed by atoms with Crippen LogP contribution in [0.3, 0.4) is 0 Å². The van der Waals surface area contributed by atoms with Gasteiger partial charge in [0.1, 0.15) is 57.9 Å². The fraction of sp³-hybridized carbons (Fsp3) is 0.235. The quantitative estimate of drug-likeness (QED) is 0.0772. The lowest BCUT2D eigenvalue weighted by Crippen LogP contribution is -2.23. The van der Waals surface area contributed by atoms with Gasteiger partial charge in [-0.25, -0.2) is 26.3 Å². The number of benzene rings is 6. The van der Waals surface area contributed by atoms with Gasteiger partial charge >= 0.3 is 12.4 Å². The first kappa shape index (κ1) is 50.6. The number of halogens is 12. The molecule has 6 aromatic carbocycles. The molecule has 15 heteroatoms. The van der Waals surface area contributed by atoms with E-state index in [4.69, 9.17) is 4.74 Å². The normalized spacial score (nSPS) is 12.9. The maximum Gasteiger partial charge on any atom is 0.392 e. The predicted molar refractivity (Wildman–Crippen MR) is 228 cm³/mol. The second-order valence-electron chi connectivity index (χ2n) is 15.4. The smallest absolute Gasteiger partial charge is 0.392 e. The first-order chi connectivity index (χ1) is 30.7. The van der Waals surface area contributed by atoms with Crippen LogP contribution < -0.4 is 15.2 Å². The van der Waals surface area contributed by atoms with Crippen molar-refractivity contribution in [3.8, 4) is 23.0 Å². The number of hydrogen-bond acceptors (Lipinski definition) is 3. The summed E-state index contributed by atoms with van der Waals surface area (Å²) in [4.78, 5) is 0. The summed E-state index contributed by atoms with van der Waals surface area (Å²) in [7, 11) is 0. The Hall–Kier alpha value is -6.38. The molecule has 1 aliphatic heterocycles. The van der Waals surface area contributed by atoms with Gasteiger partial charge in [-0.15, -0.1) is 0 Å². The molecule has 3 nitrogen and oxygen atoms in total. The zero-order chi connectivity index (χ0) is 47.4. The highest BCUT2D eigenvalue weighted by Gasteiger charge is 2.31. The van der Waals surface area contributed by atoms with E-state index in [1.165, 1.54) is 54.6 Å². The Morgan fingerprint density at radius 3 is 1.61 bits per heavy atom. The number of ether oxygens (including phenoxy) is 1. The molecule has 0 spiro atoms. The Morgan fingerprint density at radius 1 is 0.530 bits per heavy atom. The van der Waals surface area contributed by atoms with Gasteiger partial charge in [-0.3, -0.25) is 0 Å². The van der Waals surface area contributed by atoms with Crippen LogP contribution in [0, 0.1) is 42.3 Å². The molecule has 2 N–H and O–H groups in total. The average molecular weight is 932 g/mol. The first-order valence-corrected chi connectivity index (χ1v) is 20.4. The Morgan fingerprint density at radius 2 is 1.06 bits per heavy atom. The fourth-order valence-corrected chi connectivity index (χ4v) is 7.63. The van der Waals surface area contributed by atoms with Gasteiger partial charge in [-0.05, 0) is 102 Å². The van der Waals surface area contributed by atoms with E-state index in [-0.39, 0.29) is 79.6 Å². The molecule has 0 bridgehead atoms. The monoisotopic (exact) mass is 931 g/mol. The molecule has 0 aliphatic carbocycles.